The number of unbranched alkanes of at least 4 members (excludes halogenated alkanes) is 1. The minimum Gasteiger partial charge on any atom is -0.450 e. The molecule has 6 nitrogen and oxygen atoms in total. The SMILES string of the molecule is CCCCN=C(NCC)N1CCN(C(=O)OCC)CC1. The highest BCUT2D eigenvalue weighted by molar-refractivity contribution is 5.80. The van der Waals surface area contributed by atoms with Crippen molar-refractivity contribution in [3.05, 3.63) is 0 Å². The third-order valence-corrected chi connectivity index (χ3v) is 3.21. The van der Waals surface area contributed by atoms with Crippen molar-refractivity contribution in [1.29, 1.82) is 0 Å². The van der Waals surface area contributed by atoms with Gasteiger partial charge >= 0.3 is 6.09 Å². The van der Waals surface area contributed by atoms with Gasteiger partial charge in [-0.15, -0.1) is 0 Å². The zero-order valence-electron chi connectivity index (χ0n) is 13.0. The number of aliphatic imine (C=N–C) groups is 1. The molecule has 6 heteroatoms. The maximum Gasteiger partial charge on any atom is 0.409 e. The van der Waals surface area contributed by atoms with E-state index >= 15 is 0 Å². The smallest absolute Gasteiger partial charge is 0.409 e. The molecule has 1 fully saturated rings. The van der Waals surface area contributed by atoms with Gasteiger partial charge in [0.05, 0.1) is 6.61 Å². The fourth-order valence-electron chi connectivity index (χ4n) is 2.08. The van der Waals surface area contributed by atoms with Crippen molar-refractivity contribution in [1.82, 2.24) is 15.1 Å². The van der Waals surface area contributed by atoms with E-state index in [0.29, 0.717) is 19.7 Å². The van der Waals surface area contributed by atoms with Crippen LogP contribution in [-0.2, 0) is 4.74 Å². The van der Waals surface area contributed by atoms with Crippen molar-refractivity contribution >= 4 is 12.1 Å². The normalized spacial score (nSPS) is 16.2. The quantitative estimate of drug-likeness (QED) is 0.472. The van der Waals surface area contributed by atoms with Crippen LogP contribution >= 0.6 is 0 Å². The van der Waals surface area contributed by atoms with Crippen LogP contribution in [0.1, 0.15) is 33.6 Å². The molecule has 1 rings (SSSR count). The number of nitrogens with zero attached hydrogens (tertiary/aromatic N) is 3. The standard InChI is InChI=1S/C14H28N4O2/c1-4-7-8-16-13(15-5-2)17-9-11-18(12-10-17)14(19)20-6-3/h4-12H2,1-3H3,(H,15,16). The Morgan fingerprint density at radius 1 is 1.15 bits per heavy atom. The minimum absolute atomic E-state index is 0.208. The van der Waals surface area contributed by atoms with Gasteiger partial charge in [0.15, 0.2) is 5.96 Å². The van der Waals surface area contributed by atoms with Crippen molar-refractivity contribution < 1.29 is 9.53 Å². The lowest BCUT2D eigenvalue weighted by atomic mass is 10.3. The van der Waals surface area contributed by atoms with E-state index in [1.807, 2.05) is 6.92 Å². The molecular weight excluding hydrogens is 256 g/mol. The van der Waals surface area contributed by atoms with Gasteiger partial charge in [-0.1, -0.05) is 13.3 Å². The zero-order chi connectivity index (χ0) is 14.8. The van der Waals surface area contributed by atoms with Crippen LogP contribution in [0, 0.1) is 0 Å². The van der Waals surface area contributed by atoms with E-state index in [1.54, 1.807) is 4.90 Å². The van der Waals surface area contributed by atoms with Crippen LogP contribution in [0.25, 0.3) is 0 Å². The van der Waals surface area contributed by atoms with Crippen LogP contribution in [0.15, 0.2) is 4.99 Å². The van der Waals surface area contributed by atoms with Gasteiger partial charge in [0, 0.05) is 39.3 Å². The van der Waals surface area contributed by atoms with E-state index in [4.69, 9.17) is 4.74 Å². The Morgan fingerprint density at radius 3 is 2.35 bits per heavy atom. The predicted octanol–water partition coefficient (Wildman–Crippen LogP) is 1.53. The number of guanidine groups is 1. The Labute approximate surface area is 122 Å². The van der Waals surface area contributed by atoms with Crippen molar-refractivity contribution in [2.24, 2.45) is 4.99 Å². The van der Waals surface area contributed by atoms with Crippen molar-refractivity contribution in [2.75, 3.05) is 45.9 Å². The van der Waals surface area contributed by atoms with E-state index in [9.17, 15) is 4.79 Å². The van der Waals surface area contributed by atoms with Gasteiger partial charge in [-0.25, -0.2) is 4.79 Å². The molecule has 1 aliphatic heterocycles. The van der Waals surface area contributed by atoms with E-state index in [0.717, 1.165) is 45.0 Å². The third-order valence-electron chi connectivity index (χ3n) is 3.21. The number of rotatable bonds is 5. The first-order valence-corrected chi connectivity index (χ1v) is 7.67. The second-order valence-electron chi connectivity index (χ2n) is 4.76. The van der Waals surface area contributed by atoms with Gasteiger partial charge in [0.25, 0.3) is 0 Å². The summed E-state index contributed by atoms with van der Waals surface area (Å²) in [5, 5.41) is 3.32. The lowest BCUT2D eigenvalue weighted by Crippen LogP contribution is -2.53. The van der Waals surface area contributed by atoms with Crippen LogP contribution in [0.5, 0.6) is 0 Å². The fraction of sp³-hybridized carbons (Fsp3) is 0.857. The van der Waals surface area contributed by atoms with Gasteiger partial charge < -0.3 is 19.9 Å². The monoisotopic (exact) mass is 284 g/mol. The first kappa shape index (κ1) is 16.6. The van der Waals surface area contributed by atoms with Crippen LogP contribution < -0.4 is 5.32 Å². The molecule has 0 bridgehead atoms. The fourth-order valence-corrected chi connectivity index (χ4v) is 2.08. The van der Waals surface area contributed by atoms with Gasteiger partial charge in [-0.05, 0) is 20.3 Å². The summed E-state index contributed by atoms with van der Waals surface area (Å²) in [5.41, 5.74) is 0. The molecular formula is C14H28N4O2. The first-order chi connectivity index (χ1) is 9.72. The topological polar surface area (TPSA) is 57.2 Å². The number of hydrogen-bond donors (Lipinski definition) is 1. The molecule has 1 saturated heterocycles. The van der Waals surface area contributed by atoms with Gasteiger partial charge in [0.1, 0.15) is 0 Å². The molecule has 0 aromatic carbocycles. The Bertz CT molecular complexity index is 312. The molecule has 0 saturated carbocycles. The average molecular weight is 284 g/mol. The molecule has 1 amide bonds. The molecule has 116 valence electrons. The molecule has 0 aliphatic carbocycles. The van der Waals surface area contributed by atoms with Crippen molar-refractivity contribution in [2.45, 2.75) is 33.6 Å². The molecule has 0 aromatic heterocycles. The second-order valence-corrected chi connectivity index (χ2v) is 4.76. The molecule has 0 atom stereocenters. The molecule has 0 unspecified atom stereocenters. The summed E-state index contributed by atoms with van der Waals surface area (Å²) in [4.78, 5) is 20.3. The maximum absolute atomic E-state index is 11.7. The number of carbonyl (C=O) groups is 1. The average Bonchev–Trinajstić information content (AvgIpc) is 2.47. The molecule has 0 aromatic rings. The summed E-state index contributed by atoms with van der Waals surface area (Å²) in [6.07, 6.45) is 2.05. The minimum atomic E-state index is -0.208. The first-order valence-electron chi connectivity index (χ1n) is 7.67. The Hall–Kier alpha value is -1.46. The highest BCUT2D eigenvalue weighted by Crippen LogP contribution is 2.04. The lowest BCUT2D eigenvalue weighted by molar-refractivity contribution is 0.0914. The molecule has 1 N–H and O–H groups in total. The molecule has 0 radical (unpaired) electrons. The summed E-state index contributed by atoms with van der Waals surface area (Å²) in [6, 6.07) is 0. The number of ether oxygens (including phenoxy) is 1. The summed E-state index contributed by atoms with van der Waals surface area (Å²) < 4.78 is 5.03. The predicted molar refractivity (Wildman–Crippen MR) is 81.1 cm³/mol. The highest BCUT2D eigenvalue weighted by Gasteiger charge is 2.23. The summed E-state index contributed by atoms with van der Waals surface area (Å²) in [7, 11) is 0. The molecule has 0 spiro atoms. The lowest BCUT2D eigenvalue weighted by Gasteiger charge is -2.35. The number of nitrogens with one attached hydrogen (secondary N) is 1. The van der Waals surface area contributed by atoms with Gasteiger partial charge in [-0.2, -0.15) is 0 Å². The number of piperazine rings is 1. The maximum atomic E-state index is 11.7. The largest absolute Gasteiger partial charge is 0.450 e. The summed E-state index contributed by atoms with van der Waals surface area (Å²) in [5.74, 6) is 0.962. The van der Waals surface area contributed by atoms with E-state index in [1.165, 1.54) is 0 Å². The van der Waals surface area contributed by atoms with Gasteiger partial charge in [0.2, 0.25) is 0 Å². The Kier molecular flexibility index (Phi) is 7.84. The molecule has 20 heavy (non-hydrogen) atoms. The van der Waals surface area contributed by atoms with Crippen LogP contribution in [0.2, 0.25) is 0 Å². The van der Waals surface area contributed by atoms with Crippen LogP contribution in [0.4, 0.5) is 4.79 Å². The van der Waals surface area contributed by atoms with Crippen LogP contribution in [0.3, 0.4) is 0 Å². The third kappa shape index (κ3) is 5.27. The van der Waals surface area contributed by atoms with Crippen LogP contribution in [-0.4, -0.2) is 67.7 Å². The highest BCUT2D eigenvalue weighted by atomic mass is 16.6. The Morgan fingerprint density at radius 2 is 1.80 bits per heavy atom. The number of hydrogen-bond acceptors (Lipinski definition) is 3. The van der Waals surface area contributed by atoms with Crippen molar-refractivity contribution in [3.8, 4) is 0 Å². The van der Waals surface area contributed by atoms with Gasteiger partial charge in [-0.3, -0.25) is 4.99 Å². The summed E-state index contributed by atoms with van der Waals surface area (Å²) >= 11 is 0. The number of amides is 1. The number of carbonyl (C=O) groups excluding carboxylic acids is 1. The van der Waals surface area contributed by atoms with E-state index < -0.39 is 0 Å². The molecule has 1 heterocycles. The van der Waals surface area contributed by atoms with E-state index in [-0.39, 0.29) is 6.09 Å². The van der Waals surface area contributed by atoms with Crippen molar-refractivity contribution in [3.63, 3.8) is 0 Å². The van der Waals surface area contributed by atoms with E-state index in [2.05, 4.69) is 29.1 Å². The molecule has 1 aliphatic rings. The summed E-state index contributed by atoms with van der Waals surface area (Å²) in [6.45, 7) is 11.2. The second kappa shape index (κ2) is 9.44. The zero-order valence-corrected chi connectivity index (χ0v) is 13.0. The Balaban J connectivity index is 2.47.